The Kier molecular flexibility index (Phi) is 6.60. The number of aliphatic hydroxyl groups excluding tert-OH is 1. The van der Waals surface area contributed by atoms with Crippen LogP contribution < -0.4 is 5.32 Å². The largest absolute Gasteiger partial charge is 0.396 e. The van der Waals surface area contributed by atoms with E-state index in [1.54, 1.807) is 0 Å². The molecule has 1 aromatic rings. The molecule has 128 valence electrons. The van der Waals surface area contributed by atoms with Gasteiger partial charge in [-0.3, -0.25) is 9.69 Å². The van der Waals surface area contributed by atoms with Gasteiger partial charge in [0, 0.05) is 24.1 Å². The van der Waals surface area contributed by atoms with E-state index in [2.05, 4.69) is 30.1 Å². The maximum atomic E-state index is 12.4. The Morgan fingerprint density at radius 3 is 2.57 bits per heavy atom. The third kappa shape index (κ3) is 4.79. The Morgan fingerprint density at radius 1 is 1.26 bits per heavy atom. The van der Waals surface area contributed by atoms with Crippen molar-refractivity contribution in [1.82, 2.24) is 10.2 Å². The van der Waals surface area contributed by atoms with Gasteiger partial charge < -0.3 is 10.4 Å². The predicted molar refractivity (Wildman–Crippen MR) is 93.4 cm³/mol. The number of nitrogens with zero attached hydrogens (tertiary/aromatic N) is 1. The highest BCUT2D eigenvalue weighted by atomic mass is 16.3. The van der Waals surface area contributed by atoms with E-state index >= 15 is 0 Å². The van der Waals surface area contributed by atoms with Crippen molar-refractivity contribution in [3.63, 3.8) is 0 Å². The van der Waals surface area contributed by atoms with E-state index in [1.807, 2.05) is 18.2 Å². The first-order valence-corrected chi connectivity index (χ1v) is 8.83. The molecule has 0 aromatic heterocycles. The molecule has 1 heterocycles. The molecule has 4 heteroatoms. The van der Waals surface area contributed by atoms with Crippen LogP contribution in [0.5, 0.6) is 0 Å². The van der Waals surface area contributed by atoms with E-state index in [4.69, 9.17) is 0 Å². The van der Waals surface area contributed by atoms with Gasteiger partial charge in [-0.25, -0.2) is 0 Å². The van der Waals surface area contributed by atoms with Crippen molar-refractivity contribution < 1.29 is 9.90 Å². The molecule has 0 unspecified atom stereocenters. The molecule has 1 aliphatic rings. The third-order valence-corrected chi connectivity index (χ3v) is 5.25. The van der Waals surface area contributed by atoms with Crippen LogP contribution in [0.2, 0.25) is 0 Å². The summed E-state index contributed by atoms with van der Waals surface area (Å²) in [4.78, 5) is 14.9. The second-order valence-corrected chi connectivity index (χ2v) is 6.73. The van der Waals surface area contributed by atoms with Crippen molar-refractivity contribution in [2.45, 2.75) is 46.1 Å². The van der Waals surface area contributed by atoms with E-state index in [1.165, 1.54) is 18.4 Å². The second kappa shape index (κ2) is 8.46. The maximum absolute atomic E-state index is 12.4. The van der Waals surface area contributed by atoms with Crippen LogP contribution in [0.15, 0.2) is 24.3 Å². The Morgan fingerprint density at radius 2 is 1.96 bits per heavy atom. The molecule has 2 N–H and O–H groups in total. The summed E-state index contributed by atoms with van der Waals surface area (Å²) in [6, 6.07) is 7.90. The summed E-state index contributed by atoms with van der Waals surface area (Å²) in [6.07, 6.45) is 4.26. The van der Waals surface area contributed by atoms with Gasteiger partial charge >= 0.3 is 0 Å². The summed E-state index contributed by atoms with van der Waals surface area (Å²) >= 11 is 0. The van der Waals surface area contributed by atoms with Crippen molar-refractivity contribution in [3.8, 4) is 0 Å². The molecule has 1 amide bonds. The van der Waals surface area contributed by atoms with Gasteiger partial charge in [0.2, 0.25) is 0 Å². The highest BCUT2D eigenvalue weighted by Gasteiger charge is 2.26. The fourth-order valence-electron chi connectivity index (χ4n) is 3.16. The monoisotopic (exact) mass is 318 g/mol. The van der Waals surface area contributed by atoms with E-state index in [-0.39, 0.29) is 17.9 Å². The molecule has 2 rings (SSSR count). The molecular weight excluding hydrogens is 288 g/mol. The Labute approximate surface area is 139 Å². The number of carbonyl (C=O) groups is 1. The number of carbonyl (C=O) groups excluding carboxylic acids is 1. The zero-order valence-electron chi connectivity index (χ0n) is 14.5. The van der Waals surface area contributed by atoms with Gasteiger partial charge in [0.25, 0.3) is 5.91 Å². The standard InChI is InChI=1S/C19H30N2O2/c1-3-19(4-2,15-22)14-20-18(23)17-9-7-8-16(12-17)13-21-10-5-6-11-21/h7-9,12,22H,3-6,10-11,13-15H2,1-2H3,(H,20,23). The lowest BCUT2D eigenvalue weighted by molar-refractivity contribution is 0.0851. The molecule has 0 aliphatic carbocycles. The van der Waals surface area contributed by atoms with Gasteiger partial charge in [-0.05, 0) is 56.5 Å². The first kappa shape index (κ1) is 18.0. The molecule has 0 spiro atoms. The highest BCUT2D eigenvalue weighted by Crippen LogP contribution is 2.24. The van der Waals surface area contributed by atoms with Crippen LogP contribution in [0.1, 0.15) is 55.5 Å². The summed E-state index contributed by atoms with van der Waals surface area (Å²) < 4.78 is 0. The number of amides is 1. The zero-order chi connectivity index (χ0) is 16.7. The molecule has 0 saturated carbocycles. The third-order valence-electron chi connectivity index (χ3n) is 5.25. The Bertz CT molecular complexity index is 498. The maximum Gasteiger partial charge on any atom is 0.251 e. The lowest BCUT2D eigenvalue weighted by Gasteiger charge is -2.29. The van der Waals surface area contributed by atoms with Crippen molar-refractivity contribution in [1.29, 1.82) is 0 Å². The fraction of sp³-hybridized carbons (Fsp3) is 0.632. The van der Waals surface area contributed by atoms with Crippen LogP contribution in [0.4, 0.5) is 0 Å². The van der Waals surface area contributed by atoms with Crippen molar-refractivity contribution in [3.05, 3.63) is 35.4 Å². The average molecular weight is 318 g/mol. The van der Waals surface area contributed by atoms with Crippen LogP contribution in [0, 0.1) is 5.41 Å². The number of hydrogen-bond acceptors (Lipinski definition) is 3. The number of aliphatic hydroxyl groups is 1. The van der Waals surface area contributed by atoms with Gasteiger partial charge in [0.15, 0.2) is 0 Å². The number of hydrogen-bond donors (Lipinski definition) is 2. The summed E-state index contributed by atoms with van der Waals surface area (Å²) in [7, 11) is 0. The fourth-order valence-corrected chi connectivity index (χ4v) is 3.16. The first-order valence-electron chi connectivity index (χ1n) is 8.83. The lowest BCUT2D eigenvalue weighted by Crippen LogP contribution is -2.39. The molecule has 1 aromatic carbocycles. The summed E-state index contributed by atoms with van der Waals surface area (Å²) in [5, 5.41) is 12.6. The number of rotatable bonds is 8. The average Bonchev–Trinajstić information content (AvgIpc) is 3.09. The molecule has 1 fully saturated rings. The van der Waals surface area contributed by atoms with Gasteiger partial charge in [0.1, 0.15) is 0 Å². The van der Waals surface area contributed by atoms with Gasteiger partial charge in [-0.2, -0.15) is 0 Å². The minimum absolute atomic E-state index is 0.0482. The molecule has 0 atom stereocenters. The first-order chi connectivity index (χ1) is 11.1. The zero-order valence-corrected chi connectivity index (χ0v) is 14.5. The van der Waals surface area contributed by atoms with Crippen LogP contribution in [-0.2, 0) is 6.54 Å². The van der Waals surface area contributed by atoms with Gasteiger partial charge in [-0.1, -0.05) is 26.0 Å². The SMILES string of the molecule is CCC(CC)(CO)CNC(=O)c1cccc(CN2CCCC2)c1. The van der Waals surface area contributed by atoms with Crippen molar-refractivity contribution in [2.24, 2.45) is 5.41 Å². The lowest BCUT2D eigenvalue weighted by atomic mass is 9.83. The van der Waals surface area contributed by atoms with Crippen LogP contribution in [0.3, 0.4) is 0 Å². The normalized spacial score (nSPS) is 15.8. The Hall–Kier alpha value is -1.39. The van der Waals surface area contributed by atoms with E-state index in [0.29, 0.717) is 12.1 Å². The quantitative estimate of drug-likeness (QED) is 0.775. The molecule has 23 heavy (non-hydrogen) atoms. The predicted octanol–water partition coefficient (Wildman–Crippen LogP) is 2.81. The Balaban J connectivity index is 1.96. The van der Waals surface area contributed by atoms with Crippen LogP contribution >= 0.6 is 0 Å². The van der Waals surface area contributed by atoms with E-state index < -0.39 is 0 Å². The molecule has 4 nitrogen and oxygen atoms in total. The molecular formula is C19H30N2O2. The minimum atomic E-state index is -0.206. The molecule has 1 saturated heterocycles. The number of benzene rings is 1. The molecule has 1 aliphatic heterocycles. The highest BCUT2D eigenvalue weighted by molar-refractivity contribution is 5.94. The van der Waals surface area contributed by atoms with Crippen LogP contribution in [-0.4, -0.2) is 42.2 Å². The van der Waals surface area contributed by atoms with Crippen molar-refractivity contribution >= 4 is 5.91 Å². The van der Waals surface area contributed by atoms with E-state index in [0.717, 1.165) is 32.5 Å². The number of likely N-dealkylation sites (tertiary alicyclic amines) is 1. The smallest absolute Gasteiger partial charge is 0.251 e. The summed E-state index contributed by atoms with van der Waals surface area (Å²) in [5.74, 6) is -0.0482. The second-order valence-electron chi connectivity index (χ2n) is 6.73. The topological polar surface area (TPSA) is 52.6 Å². The summed E-state index contributed by atoms with van der Waals surface area (Å²) in [5.41, 5.74) is 1.70. The van der Waals surface area contributed by atoms with Crippen LogP contribution in [0.25, 0.3) is 0 Å². The molecule has 0 radical (unpaired) electrons. The summed E-state index contributed by atoms with van der Waals surface area (Å²) in [6.45, 7) is 7.97. The minimum Gasteiger partial charge on any atom is -0.396 e. The van der Waals surface area contributed by atoms with Gasteiger partial charge in [-0.15, -0.1) is 0 Å². The number of nitrogens with one attached hydrogen (secondary N) is 1. The molecule has 0 bridgehead atoms. The van der Waals surface area contributed by atoms with Crippen molar-refractivity contribution in [2.75, 3.05) is 26.2 Å². The van der Waals surface area contributed by atoms with Gasteiger partial charge in [0.05, 0.1) is 6.61 Å². The van der Waals surface area contributed by atoms with E-state index in [9.17, 15) is 9.90 Å².